The second kappa shape index (κ2) is 8.39. The number of rotatable bonds is 7. The lowest BCUT2D eigenvalue weighted by Gasteiger charge is -2.14. The van der Waals surface area contributed by atoms with Gasteiger partial charge in [0, 0.05) is 0 Å². The maximum absolute atomic E-state index is 12.8. The standard InChI is InChI=1S/C7F5O2S5/c8-15-3-2(14-1-13)4(16-9)6(18-11)7(19-12)5(3)17-10. The Hall–Kier alpha value is 0.0900. The molecule has 0 spiro atoms. The molecule has 0 saturated heterocycles. The summed E-state index contributed by atoms with van der Waals surface area (Å²) in [4.78, 5) is 6.89. The van der Waals surface area contributed by atoms with E-state index in [2.05, 4.69) is 4.74 Å². The van der Waals surface area contributed by atoms with E-state index >= 15 is 0 Å². The Balaban J connectivity index is 3.73. The molecule has 1 aromatic carbocycles. The fourth-order valence-electron chi connectivity index (χ4n) is 1.10. The van der Waals surface area contributed by atoms with E-state index in [1.807, 2.05) is 0 Å². The molecule has 0 heterocycles. The summed E-state index contributed by atoms with van der Waals surface area (Å²) in [6.45, 7) is 0.900. The normalized spacial score (nSPS) is 10.6. The zero-order chi connectivity index (χ0) is 14.4. The summed E-state index contributed by atoms with van der Waals surface area (Å²) >= 11 is -2.93. The first kappa shape index (κ1) is 17.1. The number of carbonyl (C=O) groups excluding carboxylic acids is 1. The van der Waals surface area contributed by atoms with E-state index in [0.717, 1.165) is 6.47 Å². The van der Waals surface area contributed by atoms with Crippen LogP contribution in [0.4, 0.5) is 19.4 Å². The van der Waals surface area contributed by atoms with E-state index in [1.54, 1.807) is 0 Å². The molecule has 0 N–H and O–H groups in total. The van der Waals surface area contributed by atoms with Crippen LogP contribution < -0.4 is 4.74 Å². The van der Waals surface area contributed by atoms with Crippen molar-refractivity contribution in [3.05, 3.63) is 0 Å². The average Bonchev–Trinajstić information content (AvgIpc) is 2.45. The van der Waals surface area contributed by atoms with Gasteiger partial charge in [0.1, 0.15) is 9.79 Å². The fourth-order valence-corrected chi connectivity index (χ4v) is 3.90. The van der Waals surface area contributed by atoms with Gasteiger partial charge in [-0.1, -0.05) is 0 Å². The third kappa shape index (κ3) is 3.40. The molecule has 0 aliphatic rings. The van der Waals surface area contributed by atoms with E-state index in [4.69, 9.17) is 0 Å². The summed E-state index contributed by atoms with van der Waals surface area (Å²) in [6, 6.07) is 0. The van der Waals surface area contributed by atoms with Gasteiger partial charge < -0.3 is 4.74 Å². The van der Waals surface area contributed by atoms with Gasteiger partial charge in [-0.25, -0.2) is 4.79 Å². The van der Waals surface area contributed by atoms with Crippen molar-refractivity contribution in [3.8, 4) is 5.75 Å². The van der Waals surface area contributed by atoms with Crippen molar-refractivity contribution >= 4 is 67.2 Å². The Kier molecular flexibility index (Phi) is 7.57. The second-order valence-electron chi connectivity index (χ2n) is 2.55. The molecule has 0 saturated carbocycles. The van der Waals surface area contributed by atoms with Crippen LogP contribution in [0.25, 0.3) is 0 Å². The molecule has 0 fully saturated rings. The second-order valence-corrected chi connectivity index (χ2v) is 5.36. The van der Waals surface area contributed by atoms with Gasteiger partial charge in [-0.15, -0.1) is 0 Å². The highest BCUT2D eigenvalue weighted by atomic mass is 32.2. The Morgan fingerprint density at radius 1 is 0.684 bits per heavy atom. The van der Waals surface area contributed by atoms with Crippen LogP contribution in [0.3, 0.4) is 0 Å². The molecule has 2 nitrogen and oxygen atoms in total. The molecule has 1 aromatic rings. The van der Waals surface area contributed by atoms with Crippen molar-refractivity contribution in [1.29, 1.82) is 0 Å². The first-order chi connectivity index (χ1) is 9.19. The van der Waals surface area contributed by atoms with Crippen LogP contribution in [-0.2, 0) is 4.79 Å². The van der Waals surface area contributed by atoms with Gasteiger partial charge in [0.2, 0.25) is 0 Å². The van der Waals surface area contributed by atoms with Gasteiger partial charge in [0.05, 0.1) is 75.4 Å². The molecule has 0 unspecified atom stereocenters. The smallest absolute Gasteiger partial charge is 0.415 e. The number of hydrogen-bond acceptors (Lipinski definition) is 7. The minimum absolute atomic E-state index is 0.579. The largest absolute Gasteiger partial charge is 0.423 e. The van der Waals surface area contributed by atoms with Crippen LogP contribution in [-0.4, -0.2) is 6.47 Å². The van der Waals surface area contributed by atoms with Gasteiger partial charge in [-0.2, -0.15) is 19.4 Å². The lowest BCUT2D eigenvalue weighted by atomic mass is 10.3. The quantitative estimate of drug-likeness (QED) is 0.541. The number of ether oxygens (including phenoxy) is 1. The van der Waals surface area contributed by atoms with Crippen molar-refractivity contribution in [2.24, 2.45) is 0 Å². The number of hydrogen-bond donors (Lipinski definition) is 0. The predicted molar refractivity (Wildman–Crippen MR) is 67.6 cm³/mol. The Morgan fingerprint density at radius 2 is 1.00 bits per heavy atom. The summed E-state index contributed by atoms with van der Waals surface area (Å²) in [5.41, 5.74) is 0. The minimum atomic E-state index is -0.756. The molecule has 1 rings (SSSR count). The van der Waals surface area contributed by atoms with Crippen molar-refractivity contribution < 1.29 is 29.0 Å². The molecule has 0 atom stereocenters. The third-order valence-corrected chi connectivity index (χ3v) is 5.06. The Labute approximate surface area is 126 Å². The number of benzene rings is 1. The van der Waals surface area contributed by atoms with Crippen LogP contribution >= 0.6 is 60.7 Å². The van der Waals surface area contributed by atoms with E-state index < -0.39 is 91.0 Å². The summed E-state index contributed by atoms with van der Waals surface area (Å²) in [6.07, 6.45) is 0. The Morgan fingerprint density at radius 3 is 1.26 bits per heavy atom. The third-order valence-electron chi connectivity index (χ3n) is 1.77. The zero-order valence-corrected chi connectivity index (χ0v) is 12.3. The molecule has 0 aliphatic carbocycles. The van der Waals surface area contributed by atoms with Crippen molar-refractivity contribution in [1.82, 2.24) is 0 Å². The van der Waals surface area contributed by atoms with Gasteiger partial charge in [-0.05, 0) is 0 Å². The van der Waals surface area contributed by atoms with Crippen molar-refractivity contribution in [2.75, 3.05) is 0 Å². The molecular formula is C7F5O2S5. The molecule has 1 radical (unpaired) electrons. The van der Waals surface area contributed by atoms with Crippen LogP contribution in [0.1, 0.15) is 0 Å². The molecule has 0 aliphatic heterocycles. The highest BCUT2D eigenvalue weighted by molar-refractivity contribution is 8.00. The average molecular weight is 371 g/mol. The SMILES string of the molecule is O=[C]Oc1c(SF)c(SF)c(SF)c(SF)c1SF. The molecule has 0 bridgehead atoms. The van der Waals surface area contributed by atoms with Crippen LogP contribution in [0.2, 0.25) is 0 Å². The summed E-state index contributed by atoms with van der Waals surface area (Å²) < 4.78 is 68.1. The van der Waals surface area contributed by atoms with E-state index in [0.29, 0.717) is 0 Å². The molecular weight excluding hydrogens is 371 g/mol. The van der Waals surface area contributed by atoms with Gasteiger partial charge in [0.15, 0.2) is 5.75 Å². The molecule has 105 valence electrons. The summed E-state index contributed by atoms with van der Waals surface area (Å²) in [5.74, 6) is -0.756. The van der Waals surface area contributed by atoms with E-state index in [-0.39, 0.29) is 0 Å². The summed E-state index contributed by atoms with van der Waals surface area (Å²) in [5, 5.41) is 0. The first-order valence-electron chi connectivity index (χ1n) is 3.90. The lowest BCUT2D eigenvalue weighted by molar-refractivity contribution is 0.425. The number of halogens is 5. The fraction of sp³-hybridized carbons (Fsp3) is 0. The minimum Gasteiger partial charge on any atom is -0.415 e. The molecule has 0 amide bonds. The molecule has 12 heteroatoms. The molecule has 0 aromatic heterocycles. The highest BCUT2D eigenvalue weighted by Crippen LogP contribution is 2.55. The zero-order valence-electron chi connectivity index (χ0n) is 8.25. The highest BCUT2D eigenvalue weighted by Gasteiger charge is 2.29. The Bertz CT molecular complexity index is 441. The summed E-state index contributed by atoms with van der Waals surface area (Å²) in [7, 11) is 0. The van der Waals surface area contributed by atoms with Crippen LogP contribution in [0.5, 0.6) is 5.75 Å². The van der Waals surface area contributed by atoms with Crippen molar-refractivity contribution in [3.63, 3.8) is 0 Å². The van der Waals surface area contributed by atoms with Gasteiger partial charge >= 0.3 is 6.47 Å². The van der Waals surface area contributed by atoms with Crippen molar-refractivity contribution in [2.45, 2.75) is 24.5 Å². The van der Waals surface area contributed by atoms with E-state index in [1.165, 1.54) is 0 Å². The molecule has 19 heavy (non-hydrogen) atoms. The first-order valence-corrected chi connectivity index (χ1v) is 7.49. The van der Waals surface area contributed by atoms with Gasteiger partial charge in [0.25, 0.3) is 0 Å². The van der Waals surface area contributed by atoms with Crippen LogP contribution in [0.15, 0.2) is 24.5 Å². The topological polar surface area (TPSA) is 26.3 Å². The van der Waals surface area contributed by atoms with Gasteiger partial charge in [-0.3, -0.25) is 0 Å². The van der Waals surface area contributed by atoms with Crippen LogP contribution in [0, 0.1) is 0 Å². The predicted octanol–water partition coefficient (Wildman–Crippen LogP) is 6.02. The lowest BCUT2D eigenvalue weighted by Crippen LogP contribution is -1.97. The van der Waals surface area contributed by atoms with E-state index in [9.17, 15) is 24.2 Å². The maximum Gasteiger partial charge on any atom is 0.423 e. The monoisotopic (exact) mass is 371 g/mol. The maximum atomic E-state index is 12.8.